The van der Waals surface area contributed by atoms with Crippen molar-refractivity contribution in [3.05, 3.63) is 83.6 Å². The first kappa shape index (κ1) is 26.1. The zero-order chi connectivity index (χ0) is 28.0. The number of fused-ring (bicyclic) bond motifs is 2. The van der Waals surface area contributed by atoms with Gasteiger partial charge in [0.2, 0.25) is 5.82 Å². The van der Waals surface area contributed by atoms with E-state index in [0.717, 1.165) is 11.3 Å². The smallest absolute Gasteiger partial charge is 0.204 e. The summed E-state index contributed by atoms with van der Waals surface area (Å²) in [5.74, 6) is -1.72. The van der Waals surface area contributed by atoms with Crippen LogP contribution in [-0.2, 0) is 5.41 Å². The Balaban J connectivity index is 1.37. The van der Waals surface area contributed by atoms with Gasteiger partial charge in [-0.2, -0.15) is 4.39 Å². The lowest BCUT2D eigenvalue weighted by Gasteiger charge is -2.35. The highest BCUT2D eigenvalue weighted by Gasteiger charge is 2.38. The van der Waals surface area contributed by atoms with Crippen molar-refractivity contribution in [1.29, 1.82) is 0 Å². The van der Waals surface area contributed by atoms with Gasteiger partial charge in [-0.25, -0.2) is 13.8 Å². The first-order chi connectivity index (χ1) is 19.4. The van der Waals surface area contributed by atoms with Crippen LogP contribution in [0.15, 0.2) is 59.8 Å². The number of halogens is 3. The summed E-state index contributed by atoms with van der Waals surface area (Å²) in [4.78, 5) is 10.8. The highest BCUT2D eigenvalue weighted by atomic mass is 32.2. The van der Waals surface area contributed by atoms with Gasteiger partial charge in [0.25, 0.3) is 0 Å². The third-order valence-corrected chi connectivity index (χ3v) is 8.05. The Morgan fingerprint density at radius 3 is 2.80 bits per heavy atom. The van der Waals surface area contributed by atoms with Crippen molar-refractivity contribution in [2.75, 3.05) is 19.7 Å². The number of ether oxygens (including phenoxy) is 3. The van der Waals surface area contributed by atoms with Gasteiger partial charge in [-0.15, -0.1) is 11.8 Å². The van der Waals surface area contributed by atoms with E-state index in [0.29, 0.717) is 34.8 Å². The molecule has 0 saturated carbocycles. The summed E-state index contributed by atoms with van der Waals surface area (Å²) in [7, 11) is 0. The van der Waals surface area contributed by atoms with Gasteiger partial charge in [-0.1, -0.05) is 12.1 Å². The van der Waals surface area contributed by atoms with Crippen molar-refractivity contribution in [2.24, 2.45) is 0 Å². The van der Waals surface area contributed by atoms with Crippen LogP contribution in [0.5, 0.6) is 23.0 Å². The molecule has 7 nitrogen and oxygen atoms in total. The number of aromatic nitrogens is 3. The van der Waals surface area contributed by atoms with Crippen LogP contribution in [-0.4, -0.2) is 39.7 Å². The fourth-order valence-corrected chi connectivity index (χ4v) is 5.83. The highest BCUT2D eigenvalue weighted by Crippen LogP contribution is 2.47. The largest absolute Gasteiger partial charge is 0.489 e. The lowest BCUT2D eigenvalue weighted by molar-refractivity contribution is 0.0922. The van der Waals surface area contributed by atoms with Crippen molar-refractivity contribution in [1.82, 2.24) is 15.0 Å². The average Bonchev–Trinajstić information content (AvgIpc) is 3.65. The number of para-hydroxylation sites is 1. The van der Waals surface area contributed by atoms with Gasteiger partial charge in [0.05, 0.1) is 22.6 Å². The fourth-order valence-electron chi connectivity index (χ4n) is 5.13. The van der Waals surface area contributed by atoms with Crippen LogP contribution < -0.4 is 14.2 Å². The topological polar surface area (TPSA) is 92.4 Å². The van der Waals surface area contributed by atoms with Gasteiger partial charge < -0.3 is 29.3 Å². The quantitative estimate of drug-likeness (QED) is 0.146. The number of hydrogen-bond acceptors (Lipinski definition) is 6. The SMILES string of the molecule is CSc1c(Oc2ccc(F)c(-c3ncc(C4(C)CCOc5c(OCO)cccc54)[nH]3)c2)c(F)c(F)c2[nH]ccc12. The molecule has 0 saturated heterocycles. The normalized spacial score (nSPS) is 16.6. The van der Waals surface area contributed by atoms with E-state index in [4.69, 9.17) is 14.2 Å². The summed E-state index contributed by atoms with van der Waals surface area (Å²) in [5, 5.41) is 9.74. The van der Waals surface area contributed by atoms with Crippen molar-refractivity contribution in [3.63, 3.8) is 0 Å². The number of H-pyrrole nitrogens is 2. The van der Waals surface area contributed by atoms with Crippen LogP contribution in [0.4, 0.5) is 13.2 Å². The van der Waals surface area contributed by atoms with Crippen LogP contribution in [0.3, 0.4) is 0 Å². The lowest BCUT2D eigenvalue weighted by atomic mass is 9.75. The first-order valence-electron chi connectivity index (χ1n) is 12.4. The molecule has 0 amide bonds. The minimum absolute atomic E-state index is 0.0512. The molecule has 1 unspecified atom stereocenters. The maximum Gasteiger partial charge on any atom is 0.204 e. The summed E-state index contributed by atoms with van der Waals surface area (Å²) < 4.78 is 61.8. The Morgan fingerprint density at radius 2 is 2.00 bits per heavy atom. The minimum Gasteiger partial charge on any atom is -0.489 e. The van der Waals surface area contributed by atoms with Crippen LogP contribution in [0.1, 0.15) is 24.6 Å². The Labute approximate surface area is 231 Å². The van der Waals surface area contributed by atoms with E-state index in [1.54, 1.807) is 24.6 Å². The molecule has 1 aliphatic rings. The zero-order valence-corrected chi connectivity index (χ0v) is 22.3. The first-order valence-corrected chi connectivity index (χ1v) is 13.6. The van der Waals surface area contributed by atoms with Gasteiger partial charge in [-0.3, -0.25) is 0 Å². The second-order valence-electron chi connectivity index (χ2n) is 9.48. The molecule has 40 heavy (non-hydrogen) atoms. The summed E-state index contributed by atoms with van der Waals surface area (Å²) >= 11 is 1.22. The Kier molecular flexibility index (Phi) is 6.63. The number of nitrogens with one attached hydrogen (secondary N) is 2. The monoisotopic (exact) mass is 567 g/mol. The van der Waals surface area contributed by atoms with Crippen LogP contribution >= 0.6 is 11.8 Å². The van der Waals surface area contributed by atoms with E-state index in [2.05, 4.69) is 15.0 Å². The van der Waals surface area contributed by atoms with Crippen LogP contribution in [0, 0.1) is 17.5 Å². The van der Waals surface area contributed by atoms with Gasteiger partial charge in [0.15, 0.2) is 29.9 Å². The molecule has 6 rings (SSSR count). The number of rotatable bonds is 7. The summed E-state index contributed by atoms with van der Waals surface area (Å²) in [6, 6.07) is 11.0. The Bertz CT molecular complexity index is 1740. The van der Waals surface area contributed by atoms with Crippen molar-refractivity contribution in [2.45, 2.75) is 23.7 Å². The standard InChI is InChI=1S/C29H24F3N3O4S/c1-29(9-11-37-25-18(29)4-3-5-20(25)38-14-36)21-13-34-28(35-21)17-12-15(6-7-19(17)30)39-26-23(32)22(31)24-16(8-10-33-24)27(26)40-2/h3-8,10,12-13,33,36H,9,11,14H2,1-2H3,(H,34,35). The summed E-state index contributed by atoms with van der Waals surface area (Å²) in [5.41, 5.74) is 1.13. The molecule has 1 aliphatic heterocycles. The zero-order valence-electron chi connectivity index (χ0n) is 21.5. The molecule has 11 heteroatoms. The number of aromatic amines is 2. The molecule has 1 atom stereocenters. The number of nitrogens with zero attached hydrogens (tertiary/aromatic N) is 1. The van der Waals surface area contributed by atoms with Gasteiger partial charge in [0.1, 0.15) is 17.4 Å². The molecule has 0 spiro atoms. The minimum atomic E-state index is -1.14. The Hall–Kier alpha value is -4.09. The van der Waals surface area contributed by atoms with Crippen LogP contribution in [0.25, 0.3) is 22.3 Å². The number of aliphatic hydroxyl groups is 1. The van der Waals surface area contributed by atoms with Crippen molar-refractivity contribution < 1.29 is 32.5 Å². The van der Waals surface area contributed by atoms with E-state index in [1.165, 1.54) is 36.2 Å². The van der Waals surface area contributed by atoms with Gasteiger partial charge in [0, 0.05) is 34.5 Å². The number of aliphatic hydroxyl groups excluding tert-OH is 1. The van der Waals surface area contributed by atoms with Crippen LogP contribution in [0.2, 0.25) is 0 Å². The molecule has 206 valence electrons. The molecule has 5 aromatic rings. The average molecular weight is 568 g/mol. The maximum absolute atomic E-state index is 15.1. The molecule has 3 heterocycles. The molecule has 0 fully saturated rings. The number of benzene rings is 3. The highest BCUT2D eigenvalue weighted by molar-refractivity contribution is 7.99. The van der Waals surface area contributed by atoms with E-state index in [1.807, 2.05) is 19.1 Å². The fraction of sp³-hybridized carbons (Fsp3) is 0.207. The second kappa shape index (κ2) is 10.1. The predicted octanol–water partition coefficient (Wildman–Crippen LogP) is 6.91. The van der Waals surface area contributed by atoms with Gasteiger partial charge >= 0.3 is 0 Å². The Morgan fingerprint density at radius 1 is 1.15 bits per heavy atom. The molecular formula is C29H24F3N3O4S. The second-order valence-corrected chi connectivity index (χ2v) is 10.3. The van der Waals surface area contributed by atoms with Gasteiger partial charge in [-0.05, 0) is 49.9 Å². The number of imidazole rings is 1. The summed E-state index contributed by atoms with van der Waals surface area (Å²) in [6.07, 6.45) is 5.51. The van der Waals surface area contributed by atoms with Crippen molar-refractivity contribution in [3.8, 4) is 34.4 Å². The molecule has 3 N–H and O–H groups in total. The van der Waals surface area contributed by atoms with E-state index in [9.17, 15) is 9.50 Å². The third-order valence-electron chi connectivity index (χ3n) is 7.24. The third kappa shape index (κ3) is 4.16. The summed E-state index contributed by atoms with van der Waals surface area (Å²) in [6.45, 7) is 1.92. The molecular weight excluding hydrogens is 543 g/mol. The molecule has 0 aliphatic carbocycles. The molecule has 3 aromatic carbocycles. The van der Waals surface area contributed by atoms with E-state index < -0.39 is 29.7 Å². The van der Waals surface area contributed by atoms with Crippen molar-refractivity contribution >= 4 is 22.7 Å². The predicted molar refractivity (Wildman–Crippen MR) is 145 cm³/mol. The lowest BCUT2D eigenvalue weighted by Crippen LogP contribution is -2.31. The molecule has 2 aromatic heterocycles. The molecule has 0 bridgehead atoms. The molecule has 0 radical (unpaired) electrons. The number of hydrogen-bond donors (Lipinski definition) is 3. The van der Waals surface area contributed by atoms with E-state index in [-0.39, 0.29) is 28.4 Å². The maximum atomic E-state index is 15.1. The number of thioether (sulfide) groups is 1. The van der Waals surface area contributed by atoms with E-state index >= 15 is 8.78 Å².